The highest BCUT2D eigenvalue weighted by atomic mass is 32.2. The molecule has 0 amide bonds. The van der Waals surface area contributed by atoms with Gasteiger partial charge in [0.15, 0.2) is 6.04 Å². The molecule has 0 aromatic heterocycles. The Morgan fingerprint density at radius 3 is 2.50 bits per heavy atom. The molecule has 1 aliphatic rings. The van der Waals surface area contributed by atoms with Crippen molar-refractivity contribution in [2.45, 2.75) is 6.04 Å². The average Bonchev–Trinajstić information content (AvgIpc) is 2.08. The molecule has 0 bridgehead atoms. The van der Waals surface area contributed by atoms with Gasteiger partial charge in [-0.15, -0.1) is 0 Å². The van der Waals surface area contributed by atoms with E-state index in [0.717, 1.165) is 11.6 Å². The Bertz CT molecular complexity index is 158. The molecule has 0 aliphatic carbocycles. The van der Waals surface area contributed by atoms with Crippen molar-refractivity contribution in [1.29, 1.82) is 0 Å². The van der Waals surface area contributed by atoms with Crippen molar-refractivity contribution < 1.29 is 14.4 Å². The molecule has 1 saturated heterocycles. The standard InChI is InChI=1S/C6H11NO2S/c1-7(2)4-10-3-5(7)6(8)9/h5H,3-4H2,1-2H3/p+1/t5-/m0/s1. The molecule has 1 heterocycles. The summed E-state index contributed by atoms with van der Waals surface area (Å²) in [5, 5.41) is 8.72. The number of carbonyl (C=O) groups is 1. The molecule has 10 heavy (non-hydrogen) atoms. The van der Waals surface area contributed by atoms with Crippen molar-refractivity contribution in [2.24, 2.45) is 0 Å². The zero-order chi connectivity index (χ0) is 7.78. The first-order chi connectivity index (χ1) is 4.54. The van der Waals surface area contributed by atoms with Crippen LogP contribution in [0.1, 0.15) is 0 Å². The minimum atomic E-state index is -0.671. The fraction of sp³-hybridized carbons (Fsp3) is 0.833. The third-order valence-corrected chi connectivity index (χ3v) is 3.23. The van der Waals surface area contributed by atoms with E-state index in [2.05, 4.69) is 0 Å². The molecule has 1 N–H and O–H groups in total. The molecule has 3 nitrogen and oxygen atoms in total. The summed E-state index contributed by atoms with van der Waals surface area (Å²) >= 11 is 1.71. The lowest BCUT2D eigenvalue weighted by atomic mass is 10.3. The van der Waals surface area contributed by atoms with Crippen molar-refractivity contribution in [3.05, 3.63) is 0 Å². The van der Waals surface area contributed by atoms with E-state index in [9.17, 15) is 4.79 Å². The van der Waals surface area contributed by atoms with Crippen LogP contribution in [-0.4, -0.2) is 47.3 Å². The summed E-state index contributed by atoms with van der Waals surface area (Å²) in [6, 6.07) is -0.204. The Morgan fingerprint density at radius 1 is 1.70 bits per heavy atom. The van der Waals surface area contributed by atoms with Gasteiger partial charge in [-0.2, -0.15) is 0 Å². The number of quaternary nitrogens is 1. The predicted octanol–water partition coefficient (Wildman–Crippen LogP) is 0.220. The summed E-state index contributed by atoms with van der Waals surface area (Å²) in [6.45, 7) is 0. The van der Waals surface area contributed by atoms with Crippen LogP contribution in [0.4, 0.5) is 0 Å². The molecule has 0 aromatic carbocycles. The summed E-state index contributed by atoms with van der Waals surface area (Å²) in [7, 11) is 3.91. The van der Waals surface area contributed by atoms with E-state index in [-0.39, 0.29) is 6.04 Å². The molecule has 1 atom stereocenters. The number of hydrogen-bond donors (Lipinski definition) is 1. The van der Waals surface area contributed by atoms with Gasteiger partial charge < -0.3 is 9.59 Å². The van der Waals surface area contributed by atoms with Crippen LogP contribution < -0.4 is 0 Å². The number of carboxylic acids is 1. The number of likely N-dealkylation sites (N-methyl/N-ethyl adjacent to an activating group) is 1. The molecular weight excluding hydrogens is 150 g/mol. The van der Waals surface area contributed by atoms with E-state index in [1.807, 2.05) is 14.1 Å². The van der Waals surface area contributed by atoms with Gasteiger partial charge in [-0.1, -0.05) is 11.8 Å². The van der Waals surface area contributed by atoms with Gasteiger partial charge in [-0.3, -0.25) is 0 Å². The average molecular weight is 162 g/mol. The fourth-order valence-corrected chi connectivity index (χ4v) is 2.59. The second kappa shape index (κ2) is 2.43. The van der Waals surface area contributed by atoms with E-state index in [1.165, 1.54) is 0 Å². The van der Waals surface area contributed by atoms with Crippen molar-refractivity contribution in [1.82, 2.24) is 0 Å². The minimum absolute atomic E-state index is 0.204. The summed E-state index contributed by atoms with van der Waals surface area (Å²) in [6.07, 6.45) is 0. The monoisotopic (exact) mass is 162 g/mol. The molecular formula is C6H12NO2S+. The summed E-state index contributed by atoms with van der Waals surface area (Å²) < 4.78 is 0.611. The van der Waals surface area contributed by atoms with Gasteiger partial charge in [-0.05, 0) is 0 Å². The van der Waals surface area contributed by atoms with Crippen LogP contribution >= 0.6 is 11.8 Å². The van der Waals surface area contributed by atoms with Crippen molar-refractivity contribution in [3.63, 3.8) is 0 Å². The van der Waals surface area contributed by atoms with Crippen LogP contribution in [0.5, 0.6) is 0 Å². The molecule has 0 unspecified atom stereocenters. The Hall–Kier alpha value is -0.220. The Labute approximate surface area is 64.6 Å². The third-order valence-electron chi connectivity index (χ3n) is 1.83. The van der Waals surface area contributed by atoms with Crippen LogP contribution in [0.15, 0.2) is 0 Å². The lowest BCUT2D eigenvalue weighted by Crippen LogP contribution is -2.49. The van der Waals surface area contributed by atoms with Crippen molar-refractivity contribution >= 4 is 17.7 Å². The molecule has 58 valence electrons. The number of aliphatic carboxylic acids is 1. The number of thioether (sulfide) groups is 1. The van der Waals surface area contributed by atoms with Gasteiger partial charge >= 0.3 is 5.97 Å². The van der Waals surface area contributed by atoms with Gasteiger partial charge in [-0.25, -0.2) is 4.79 Å². The maximum atomic E-state index is 10.6. The quantitative estimate of drug-likeness (QED) is 0.560. The summed E-state index contributed by atoms with van der Waals surface area (Å²) in [4.78, 5) is 10.6. The number of rotatable bonds is 1. The topological polar surface area (TPSA) is 37.3 Å². The second-order valence-electron chi connectivity index (χ2n) is 3.13. The zero-order valence-electron chi connectivity index (χ0n) is 6.20. The highest BCUT2D eigenvalue weighted by Gasteiger charge is 2.40. The van der Waals surface area contributed by atoms with Crippen LogP contribution in [0, 0.1) is 0 Å². The third kappa shape index (κ3) is 1.27. The molecule has 1 aliphatic heterocycles. The smallest absolute Gasteiger partial charge is 0.363 e. The van der Waals surface area contributed by atoms with E-state index in [1.54, 1.807) is 11.8 Å². The first-order valence-electron chi connectivity index (χ1n) is 3.17. The fourth-order valence-electron chi connectivity index (χ4n) is 1.06. The molecule has 0 aromatic rings. The Morgan fingerprint density at radius 2 is 2.30 bits per heavy atom. The van der Waals surface area contributed by atoms with Crippen LogP contribution in [-0.2, 0) is 4.79 Å². The van der Waals surface area contributed by atoms with E-state index < -0.39 is 5.97 Å². The molecule has 0 spiro atoms. The number of hydrogen-bond acceptors (Lipinski definition) is 2. The highest BCUT2D eigenvalue weighted by Crippen LogP contribution is 2.25. The van der Waals surface area contributed by atoms with Crippen molar-refractivity contribution in [2.75, 3.05) is 25.7 Å². The molecule has 4 heteroatoms. The number of nitrogens with zero attached hydrogens (tertiary/aromatic N) is 1. The minimum Gasteiger partial charge on any atom is -0.477 e. The maximum absolute atomic E-state index is 10.6. The predicted molar refractivity (Wildman–Crippen MR) is 40.9 cm³/mol. The van der Waals surface area contributed by atoms with Gasteiger partial charge in [0, 0.05) is 0 Å². The second-order valence-corrected chi connectivity index (χ2v) is 4.13. The molecule has 0 saturated carbocycles. The zero-order valence-corrected chi connectivity index (χ0v) is 7.02. The van der Waals surface area contributed by atoms with Crippen LogP contribution in [0.3, 0.4) is 0 Å². The molecule has 1 rings (SSSR count). The van der Waals surface area contributed by atoms with Crippen LogP contribution in [0.25, 0.3) is 0 Å². The lowest BCUT2D eigenvalue weighted by Gasteiger charge is -2.27. The van der Waals surface area contributed by atoms with Gasteiger partial charge in [0.1, 0.15) is 5.88 Å². The maximum Gasteiger partial charge on any atom is 0.363 e. The SMILES string of the molecule is C[N+]1(C)CSC[C@H]1C(=O)O. The van der Waals surface area contributed by atoms with E-state index >= 15 is 0 Å². The van der Waals surface area contributed by atoms with Gasteiger partial charge in [0.2, 0.25) is 0 Å². The Kier molecular flexibility index (Phi) is 1.92. The molecule has 1 fully saturated rings. The first kappa shape index (κ1) is 7.88. The summed E-state index contributed by atoms with van der Waals surface area (Å²) in [5.41, 5.74) is 0. The van der Waals surface area contributed by atoms with E-state index in [4.69, 9.17) is 5.11 Å². The Balaban J connectivity index is 2.68. The summed E-state index contributed by atoms with van der Waals surface area (Å²) in [5.74, 6) is 0.995. The van der Waals surface area contributed by atoms with Gasteiger partial charge in [0.25, 0.3) is 0 Å². The van der Waals surface area contributed by atoms with Gasteiger partial charge in [0.05, 0.1) is 19.8 Å². The van der Waals surface area contributed by atoms with Crippen molar-refractivity contribution in [3.8, 4) is 0 Å². The largest absolute Gasteiger partial charge is 0.477 e. The highest BCUT2D eigenvalue weighted by molar-refractivity contribution is 7.99. The normalized spacial score (nSPS) is 30.4. The number of carboxylic acid groups (broad SMARTS) is 1. The van der Waals surface area contributed by atoms with E-state index in [0.29, 0.717) is 4.48 Å². The van der Waals surface area contributed by atoms with Crippen LogP contribution in [0.2, 0.25) is 0 Å². The first-order valence-corrected chi connectivity index (χ1v) is 4.33. The lowest BCUT2D eigenvalue weighted by molar-refractivity contribution is -0.887. The molecule has 0 radical (unpaired) electrons.